The number of hydrogen-bond acceptors (Lipinski definition) is 4. The lowest BCUT2D eigenvalue weighted by Gasteiger charge is -2.27. The van der Waals surface area contributed by atoms with E-state index in [0.717, 1.165) is 56.5 Å². The van der Waals surface area contributed by atoms with Crippen LogP contribution in [0.4, 0.5) is 0 Å². The summed E-state index contributed by atoms with van der Waals surface area (Å²) in [4.78, 5) is 31.5. The van der Waals surface area contributed by atoms with Crippen molar-refractivity contribution in [3.8, 4) is 0 Å². The Morgan fingerprint density at radius 3 is 2.67 bits per heavy atom. The van der Waals surface area contributed by atoms with Gasteiger partial charge in [-0.1, -0.05) is 11.8 Å². The first-order chi connectivity index (χ1) is 10.2. The number of carbonyl (C=O) groups excluding carboxylic acids is 1. The van der Waals surface area contributed by atoms with Gasteiger partial charge in [-0.15, -0.1) is 0 Å². The minimum atomic E-state index is -0.00721. The van der Waals surface area contributed by atoms with Crippen LogP contribution in [0.5, 0.6) is 0 Å². The van der Waals surface area contributed by atoms with E-state index in [1.807, 2.05) is 11.2 Å². The maximum Gasteiger partial charge on any atom is 0.258 e. The monoisotopic (exact) mass is 307 g/mol. The van der Waals surface area contributed by atoms with Gasteiger partial charge in [0, 0.05) is 18.7 Å². The van der Waals surface area contributed by atoms with Gasteiger partial charge in [-0.05, 0) is 44.8 Å². The molecule has 0 N–H and O–H groups in total. The van der Waals surface area contributed by atoms with Gasteiger partial charge >= 0.3 is 0 Å². The standard InChI is InChI=1S/C15H21N3O2S/c1-21-15-16-12-7-5-6-11(12)14(20)18(15)10-13(19)17-8-3-2-4-9-17/h2-10H2,1H3. The zero-order valence-electron chi connectivity index (χ0n) is 12.4. The van der Waals surface area contributed by atoms with Crippen molar-refractivity contribution in [1.29, 1.82) is 0 Å². The molecule has 1 aromatic rings. The highest BCUT2D eigenvalue weighted by Crippen LogP contribution is 2.20. The molecule has 3 rings (SSSR count). The van der Waals surface area contributed by atoms with Crippen molar-refractivity contribution in [2.75, 3.05) is 19.3 Å². The number of hydrogen-bond donors (Lipinski definition) is 0. The first-order valence-electron chi connectivity index (χ1n) is 7.65. The molecule has 1 aliphatic carbocycles. The molecule has 0 bridgehead atoms. The summed E-state index contributed by atoms with van der Waals surface area (Å²) in [5.74, 6) is 0.0480. The van der Waals surface area contributed by atoms with Gasteiger partial charge in [0.1, 0.15) is 6.54 Å². The van der Waals surface area contributed by atoms with Crippen LogP contribution in [-0.4, -0.2) is 39.7 Å². The zero-order valence-corrected chi connectivity index (χ0v) is 13.2. The Morgan fingerprint density at radius 2 is 1.95 bits per heavy atom. The Balaban J connectivity index is 1.87. The fraction of sp³-hybridized carbons (Fsp3) is 0.667. The van der Waals surface area contributed by atoms with Gasteiger partial charge in [-0.25, -0.2) is 4.98 Å². The molecule has 1 aliphatic heterocycles. The Morgan fingerprint density at radius 1 is 1.19 bits per heavy atom. The van der Waals surface area contributed by atoms with Gasteiger partial charge in [0.05, 0.1) is 5.69 Å². The third-order valence-corrected chi connectivity index (χ3v) is 5.02. The second-order valence-corrected chi connectivity index (χ2v) is 6.48. The van der Waals surface area contributed by atoms with Gasteiger partial charge in [0.15, 0.2) is 5.16 Å². The van der Waals surface area contributed by atoms with Crippen molar-refractivity contribution in [1.82, 2.24) is 14.5 Å². The van der Waals surface area contributed by atoms with E-state index in [-0.39, 0.29) is 18.0 Å². The summed E-state index contributed by atoms with van der Waals surface area (Å²) in [5.41, 5.74) is 1.75. The number of fused-ring (bicyclic) bond motifs is 1. The van der Waals surface area contributed by atoms with Gasteiger partial charge in [0.25, 0.3) is 5.56 Å². The van der Waals surface area contributed by atoms with E-state index in [9.17, 15) is 9.59 Å². The minimum Gasteiger partial charge on any atom is -0.341 e. The summed E-state index contributed by atoms with van der Waals surface area (Å²) in [6, 6.07) is 0. The summed E-state index contributed by atoms with van der Waals surface area (Å²) in [7, 11) is 0. The highest BCUT2D eigenvalue weighted by molar-refractivity contribution is 7.98. The van der Waals surface area contributed by atoms with Crippen LogP contribution >= 0.6 is 11.8 Å². The molecule has 1 amide bonds. The number of piperidine rings is 1. The molecule has 0 radical (unpaired) electrons. The number of nitrogens with zero attached hydrogens (tertiary/aromatic N) is 3. The largest absolute Gasteiger partial charge is 0.341 e. The van der Waals surface area contributed by atoms with Crippen LogP contribution in [0.1, 0.15) is 36.9 Å². The zero-order chi connectivity index (χ0) is 14.8. The van der Waals surface area contributed by atoms with Crippen molar-refractivity contribution in [2.24, 2.45) is 0 Å². The van der Waals surface area contributed by atoms with Crippen molar-refractivity contribution < 1.29 is 4.79 Å². The van der Waals surface area contributed by atoms with E-state index < -0.39 is 0 Å². The molecule has 114 valence electrons. The molecule has 0 unspecified atom stereocenters. The summed E-state index contributed by atoms with van der Waals surface area (Å²) in [6.07, 6.45) is 7.92. The van der Waals surface area contributed by atoms with Crippen LogP contribution in [-0.2, 0) is 24.2 Å². The van der Waals surface area contributed by atoms with E-state index in [2.05, 4.69) is 4.98 Å². The lowest BCUT2D eigenvalue weighted by molar-refractivity contribution is -0.132. The van der Waals surface area contributed by atoms with E-state index in [0.29, 0.717) is 5.16 Å². The van der Waals surface area contributed by atoms with Crippen molar-refractivity contribution >= 4 is 17.7 Å². The van der Waals surface area contributed by atoms with Crippen LogP contribution in [0.3, 0.4) is 0 Å². The molecule has 0 atom stereocenters. The third kappa shape index (κ3) is 2.86. The normalized spacial score (nSPS) is 17.9. The Labute approximate surface area is 128 Å². The number of aryl methyl sites for hydroxylation is 1. The van der Waals surface area contributed by atoms with E-state index in [1.54, 1.807) is 4.57 Å². The van der Waals surface area contributed by atoms with Crippen LogP contribution in [0.2, 0.25) is 0 Å². The van der Waals surface area contributed by atoms with E-state index >= 15 is 0 Å². The summed E-state index contributed by atoms with van der Waals surface area (Å²) >= 11 is 1.45. The topological polar surface area (TPSA) is 55.2 Å². The average Bonchev–Trinajstić information content (AvgIpc) is 2.99. The van der Waals surface area contributed by atoms with Gasteiger partial charge in [0.2, 0.25) is 5.91 Å². The molecule has 1 aromatic heterocycles. The van der Waals surface area contributed by atoms with Crippen LogP contribution in [0.25, 0.3) is 0 Å². The maximum absolute atomic E-state index is 12.6. The molecule has 5 nitrogen and oxygen atoms in total. The highest BCUT2D eigenvalue weighted by atomic mass is 32.2. The Hall–Kier alpha value is -1.30. The van der Waals surface area contributed by atoms with Crippen molar-refractivity contribution in [3.05, 3.63) is 21.6 Å². The fourth-order valence-electron chi connectivity index (χ4n) is 3.18. The minimum absolute atomic E-state index is 0.00721. The smallest absolute Gasteiger partial charge is 0.258 e. The maximum atomic E-state index is 12.6. The van der Waals surface area contributed by atoms with Gasteiger partial charge in [-0.3, -0.25) is 14.2 Å². The molecule has 0 spiro atoms. The molecule has 6 heteroatoms. The predicted molar refractivity (Wildman–Crippen MR) is 82.7 cm³/mol. The highest BCUT2D eigenvalue weighted by Gasteiger charge is 2.23. The molecule has 1 saturated heterocycles. The van der Waals surface area contributed by atoms with E-state index in [1.165, 1.54) is 18.2 Å². The lowest BCUT2D eigenvalue weighted by Crippen LogP contribution is -2.40. The molecule has 0 saturated carbocycles. The summed E-state index contributed by atoms with van der Waals surface area (Å²) < 4.78 is 1.58. The fourth-order valence-corrected chi connectivity index (χ4v) is 3.75. The van der Waals surface area contributed by atoms with Crippen LogP contribution < -0.4 is 5.56 Å². The SMILES string of the molecule is CSc1nc2c(c(=O)n1CC(=O)N1CCCCC1)CCC2. The first-order valence-corrected chi connectivity index (χ1v) is 8.87. The van der Waals surface area contributed by atoms with Crippen LogP contribution in [0, 0.1) is 0 Å². The Kier molecular flexibility index (Phi) is 4.33. The number of likely N-dealkylation sites (tertiary alicyclic amines) is 1. The third-order valence-electron chi connectivity index (χ3n) is 4.34. The quantitative estimate of drug-likeness (QED) is 0.627. The van der Waals surface area contributed by atoms with Gasteiger partial charge in [-0.2, -0.15) is 0 Å². The number of thioether (sulfide) groups is 1. The summed E-state index contributed by atoms with van der Waals surface area (Å²) in [6.45, 7) is 1.77. The average molecular weight is 307 g/mol. The Bertz CT molecular complexity index is 606. The number of aromatic nitrogens is 2. The van der Waals surface area contributed by atoms with E-state index in [4.69, 9.17) is 0 Å². The molecule has 2 aliphatic rings. The lowest BCUT2D eigenvalue weighted by atomic mass is 10.1. The second kappa shape index (κ2) is 6.22. The molecular formula is C15H21N3O2S. The predicted octanol–water partition coefficient (Wildman–Crippen LogP) is 1.47. The summed E-state index contributed by atoms with van der Waals surface area (Å²) in [5, 5.41) is 0.672. The van der Waals surface area contributed by atoms with Gasteiger partial charge < -0.3 is 4.90 Å². The molecule has 0 aromatic carbocycles. The van der Waals surface area contributed by atoms with Crippen LogP contribution in [0.15, 0.2) is 9.95 Å². The number of rotatable bonds is 3. The second-order valence-electron chi connectivity index (χ2n) is 5.71. The molecular weight excluding hydrogens is 286 g/mol. The molecule has 1 fully saturated rings. The first kappa shape index (κ1) is 14.6. The molecule has 21 heavy (non-hydrogen) atoms. The van der Waals surface area contributed by atoms with Crippen molar-refractivity contribution in [2.45, 2.75) is 50.2 Å². The molecule has 2 heterocycles. The number of carbonyl (C=O) groups is 1. The number of amides is 1. The van der Waals surface area contributed by atoms with Crippen molar-refractivity contribution in [3.63, 3.8) is 0 Å².